The Morgan fingerprint density at radius 1 is 1.00 bits per heavy atom. The highest BCUT2D eigenvalue weighted by atomic mass is 16.3. The molecule has 190 valence electrons. The molecule has 0 radical (unpaired) electrons. The van der Waals surface area contributed by atoms with Crippen molar-refractivity contribution in [3.63, 3.8) is 0 Å². The average Bonchev–Trinajstić information content (AvgIpc) is 3.07. The van der Waals surface area contributed by atoms with Gasteiger partial charge in [-0.15, -0.1) is 9.60 Å². The minimum atomic E-state index is -1.32. The summed E-state index contributed by atoms with van der Waals surface area (Å²) in [6.07, 6.45) is -1.32. The smallest absolute Gasteiger partial charge is 0.320 e. The van der Waals surface area contributed by atoms with Crippen molar-refractivity contribution in [2.75, 3.05) is 11.9 Å². The van der Waals surface area contributed by atoms with E-state index in [0.717, 1.165) is 15.7 Å². The van der Waals surface area contributed by atoms with Gasteiger partial charge in [-0.1, -0.05) is 53.6 Å². The third-order valence-electron chi connectivity index (χ3n) is 7.22. The molecule has 0 aromatic heterocycles. The Bertz CT molecular complexity index is 1580. The largest absolute Gasteiger partial charge is 0.391 e. The summed E-state index contributed by atoms with van der Waals surface area (Å²) < 4.78 is -0.610. The second kappa shape index (κ2) is 8.17. The molecule has 7 rings (SSSR count). The standard InChI is InChI=1S/C28H25N6O4/c1-16(29)26(36)33-32-25-27(37)34(33,3)22-14-8-13-21(23(22)24(30-25)18-9-5-4-6-10-18)31(28(32)38)20-12-7-11-19(15-20)17(2)35/h4-16,25H,29H2,1-3H3/q+1/t16-,25?,34+/m0/s1. The normalized spacial score (nSPS) is 22.3. The van der Waals surface area contributed by atoms with Crippen LogP contribution in [-0.2, 0) is 9.59 Å². The van der Waals surface area contributed by atoms with Crippen molar-refractivity contribution >= 4 is 46.4 Å². The maximum atomic E-state index is 14.4. The number of aliphatic imine (C=N–C) groups is 1. The summed E-state index contributed by atoms with van der Waals surface area (Å²) in [7, 11) is 1.58. The Hall–Kier alpha value is -4.67. The maximum absolute atomic E-state index is 14.4. The third kappa shape index (κ3) is 3.04. The van der Waals surface area contributed by atoms with Crippen LogP contribution in [0.3, 0.4) is 0 Å². The molecule has 3 aromatic carbocycles. The van der Waals surface area contributed by atoms with Gasteiger partial charge in [-0.25, -0.2) is 14.6 Å². The molecule has 3 aromatic rings. The van der Waals surface area contributed by atoms with Gasteiger partial charge < -0.3 is 5.73 Å². The quantitative estimate of drug-likeness (QED) is 0.429. The number of nitrogens with zero attached hydrogens (tertiary/aromatic N) is 5. The first-order valence-electron chi connectivity index (χ1n) is 12.2. The number of hydrazine groups is 1. The van der Waals surface area contributed by atoms with E-state index in [1.165, 1.54) is 18.7 Å². The van der Waals surface area contributed by atoms with E-state index in [1.54, 1.807) is 49.5 Å². The number of amides is 4. The lowest BCUT2D eigenvalue weighted by Crippen LogP contribution is -2.67. The summed E-state index contributed by atoms with van der Waals surface area (Å²) in [6, 6.07) is 19.7. The minimum absolute atomic E-state index is 0.161. The predicted molar refractivity (Wildman–Crippen MR) is 141 cm³/mol. The number of nitrogens with two attached hydrogens (primary N) is 1. The second-order valence-electron chi connectivity index (χ2n) is 9.67. The van der Waals surface area contributed by atoms with E-state index in [1.807, 2.05) is 30.3 Å². The van der Waals surface area contributed by atoms with Crippen molar-refractivity contribution in [2.24, 2.45) is 10.7 Å². The number of hydrogen-bond donors (Lipinski definition) is 1. The maximum Gasteiger partial charge on any atom is 0.391 e. The van der Waals surface area contributed by atoms with Crippen LogP contribution >= 0.6 is 0 Å². The van der Waals surface area contributed by atoms with Crippen LogP contribution < -0.4 is 15.2 Å². The molecular weight excluding hydrogens is 484 g/mol. The molecule has 2 N–H and O–H groups in total. The highest BCUT2D eigenvalue weighted by Gasteiger charge is 2.67. The minimum Gasteiger partial charge on any atom is -0.320 e. The SMILES string of the molecule is CC(=O)c1cccc(N2C(=O)N3C4N=C(c5ccccc5)c5c2cccc5[N@+](C)(C4=O)N3C(=O)[C@H](C)N)c1. The van der Waals surface area contributed by atoms with E-state index in [0.29, 0.717) is 33.9 Å². The number of benzene rings is 3. The van der Waals surface area contributed by atoms with E-state index < -0.39 is 34.6 Å². The molecule has 4 aliphatic heterocycles. The van der Waals surface area contributed by atoms with E-state index >= 15 is 0 Å². The van der Waals surface area contributed by atoms with Crippen molar-refractivity contribution in [3.8, 4) is 0 Å². The summed E-state index contributed by atoms with van der Waals surface area (Å²) in [5, 5.41) is 2.22. The van der Waals surface area contributed by atoms with Gasteiger partial charge in [0.25, 0.3) is 6.17 Å². The number of ketones is 1. The zero-order valence-electron chi connectivity index (χ0n) is 21.0. The molecule has 1 fully saturated rings. The second-order valence-corrected chi connectivity index (χ2v) is 9.67. The molecule has 6 bridgehead atoms. The Morgan fingerprint density at radius 2 is 1.71 bits per heavy atom. The molecule has 38 heavy (non-hydrogen) atoms. The monoisotopic (exact) mass is 509 g/mol. The molecule has 0 saturated carbocycles. The molecule has 4 amide bonds. The Morgan fingerprint density at radius 3 is 2.39 bits per heavy atom. The number of fused-ring (bicyclic) bond motifs is 1. The van der Waals surface area contributed by atoms with E-state index in [4.69, 9.17) is 10.7 Å². The molecule has 1 unspecified atom stereocenters. The molecule has 3 atom stereocenters. The average molecular weight is 510 g/mol. The number of urea groups is 1. The highest BCUT2D eigenvalue weighted by Crippen LogP contribution is 2.48. The van der Waals surface area contributed by atoms with Gasteiger partial charge in [-0.2, -0.15) is 0 Å². The fourth-order valence-electron chi connectivity index (χ4n) is 5.36. The van der Waals surface area contributed by atoms with Crippen molar-refractivity contribution in [2.45, 2.75) is 26.1 Å². The van der Waals surface area contributed by atoms with Crippen molar-refractivity contribution in [1.82, 2.24) is 14.7 Å². The zero-order valence-corrected chi connectivity index (χ0v) is 21.0. The van der Waals surface area contributed by atoms with Crippen LogP contribution in [0.5, 0.6) is 0 Å². The zero-order chi connectivity index (χ0) is 26.9. The Labute approximate surface area is 218 Å². The van der Waals surface area contributed by atoms with Crippen LogP contribution in [0.2, 0.25) is 0 Å². The molecule has 0 spiro atoms. The molecule has 10 nitrogen and oxygen atoms in total. The number of quaternary nitrogens is 1. The van der Waals surface area contributed by atoms with E-state index in [2.05, 4.69) is 0 Å². The van der Waals surface area contributed by atoms with Crippen LogP contribution in [0.15, 0.2) is 77.8 Å². The molecule has 10 heteroatoms. The number of hydrogen-bond acceptors (Lipinski definition) is 6. The van der Waals surface area contributed by atoms with Crippen molar-refractivity contribution in [1.29, 1.82) is 0 Å². The molecule has 1 saturated heterocycles. The Kier molecular flexibility index (Phi) is 5.10. The van der Waals surface area contributed by atoms with Gasteiger partial charge in [0.05, 0.1) is 28.7 Å². The van der Waals surface area contributed by atoms with Gasteiger partial charge in [-0.3, -0.25) is 14.5 Å². The van der Waals surface area contributed by atoms with Gasteiger partial charge >= 0.3 is 17.8 Å². The summed E-state index contributed by atoms with van der Waals surface area (Å²) in [5.74, 6) is -1.23. The van der Waals surface area contributed by atoms with Gasteiger partial charge in [0.15, 0.2) is 11.5 Å². The Balaban J connectivity index is 1.74. The van der Waals surface area contributed by atoms with Crippen LogP contribution in [0, 0.1) is 0 Å². The molecule has 0 aliphatic carbocycles. The van der Waals surface area contributed by atoms with Crippen molar-refractivity contribution in [3.05, 3.63) is 89.5 Å². The first kappa shape index (κ1) is 23.7. The fourth-order valence-corrected chi connectivity index (χ4v) is 5.36. The lowest BCUT2D eigenvalue weighted by Gasteiger charge is -2.42. The summed E-state index contributed by atoms with van der Waals surface area (Å²) in [6.45, 7) is 2.96. The van der Waals surface area contributed by atoms with Crippen LogP contribution in [0.1, 0.15) is 35.3 Å². The van der Waals surface area contributed by atoms with E-state index in [-0.39, 0.29) is 5.78 Å². The van der Waals surface area contributed by atoms with Gasteiger partial charge in [0, 0.05) is 17.2 Å². The highest BCUT2D eigenvalue weighted by molar-refractivity contribution is 6.26. The summed E-state index contributed by atoms with van der Waals surface area (Å²) in [4.78, 5) is 60.5. The molecular formula is C28H25N6O4+. The first-order chi connectivity index (χ1) is 18.2. The van der Waals surface area contributed by atoms with Crippen LogP contribution in [0.4, 0.5) is 21.9 Å². The molecule has 4 aliphatic rings. The fraction of sp³-hybridized carbons (Fsp3) is 0.179. The lowest BCUT2D eigenvalue weighted by molar-refractivity contribution is -0.166. The summed E-state index contributed by atoms with van der Waals surface area (Å²) in [5.41, 5.74) is 9.63. The number of likely N-dealkylation sites (N-methyl/N-ethyl adjacent to an activating group) is 1. The first-order valence-corrected chi connectivity index (χ1v) is 12.2. The topological polar surface area (TPSA) is 116 Å². The third-order valence-corrected chi connectivity index (χ3v) is 7.22. The number of Topliss-reactive ketones (excluding diaryl/α,β-unsaturated/α-hetero) is 1. The number of carbonyl (C=O) groups is 4. The predicted octanol–water partition coefficient (Wildman–Crippen LogP) is 3.12. The van der Waals surface area contributed by atoms with Crippen LogP contribution in [-0.4, -0.2) is 58.7 Å². The lowest BCUT2D eigenvalue weighted by atomic mass is 9.96. The van der Waals surface area contributed by atoms with Crippen LogP contribution in [0.25, 0.3) is 0 Å². The van der Waals surface area contributed by atoms with Gasteiger partial charge in [0.2, 0.25) is 0 Å². The molecule has 4 heterocycles. The summed E-state index contributed by atoms with van der Waals surface area (Å²) >= 11 is 0. The van der Waals surface area contributed by atoms with Gasteiger partial charge in [0.1, 0.15) is 7.05 Å². The number of carbonyl (C=O) groups excluding carboxylic acids is 4. The number of anilines is 2. The van der Waals surface area contributed by atoms with Gasteiger partial charge in [-0.05, 0) is 32.0 Å². The van der Waals surface area contributed by atoms with E-state index in [9.17, 15) is 19.2 Å². The van der Waals surface area contributed by atoms with Crippen molar-refractivity contribution < 1.29 is 19.2 Å². The number of rotatable bonds is 4.